The standard InChI is InChI=1S/C32H42N8O4S/c1-21-29-28(20-32(2,3)35-31(29)42)40(36-21)24-7-10-26(30(33)41)27(19-24)34-22-11-13-39(14-12-22)45(43,44)25-8-5-23(6-9-25)38-17-15-37(4)16-18-38/h5-10,19,22,34H,11-18,20H2,1-4H3,(H2,33,41)(H,35,42). The minimum absolute atomic E-state index is 0.0672. The molecule has 0 atom stereocenters. The number of sulfonamides is 1. The van der Waals surface area contributed by atoms with Gasteiger partial charge in [-0.1, -0.05) is 0 Å². The summed E-state index contributed by atoms with van der Waals surface area (Å²) in [7, 11) is -1.53. The molecule has 0 spiro atoms. The molecule has 0 unspecified atom stereocenters. The maximum absolute atomic E-state index is 13.5. The summed E-state index contributed by atoms with van der Waals surface area (Å²) in [5.74, 6) is -0.715. The average Bonchev–Trinajstić information content (AvgIpc) is 3.32. The number of anilines is 2. The summed E-state index contributed by atoms with van der Waals surface area (Å²) in [6, 6.07) is 12.4. The van der Waals surface area contributed by atoms with Crippen LogP contribution in [0.25, 0.3) is 5.69 Å². The number of primary amides is 1. The van der Waals surface area contributed by atoms with Crippen LogP contribution in [-0.4, -0.2) is 97.1 Å². The summed E-state index contributed by atoms with van der Waals surface area (Å²) in [6.45, 7) is 10.3. The number of fused-ring (bicyclic) bond motifs is 1. The molecule has 1 aromatic heterocycles. The zero-order chi connectivity index (χ0) is 32.1. The van der Waals surface area contributed by atoms with E-state index in [9.17, 15) is 18.0 Å². The van der Waals surface area contributed by atoms with Gasteiger partial charge in [0.1, 0.15) is 0 Å². The Labute approximate surface area is 264 Å². The van der Waals surface area contributed by atoms with Crippen LogP contribution in [0, 0.1) is 6.92 Å². The van der Waals surface area contributed by atoms with E-state index in [-0.39, 0.29) is 11.9 Å². The quantitative estimate of drug-likeness (QED) is 0.359. The number of carbonyl (C=O) groups excluding carboxylic acids is 2. The lowest BCUT2D eigenvalue weighted by Gasteiger charge is -2.34. The molecule has 3 aliphatic rings. The van der Waals surface area contributed by atoms with Crippen molar-refractivity contribution >= 4 is 33.2 Å². The lowest BCUT2D eigenvalue weighted by molar-refractivity contribution is 0.0894. The monoisotopic (exact) mass is 634 g/mol. The van der Waals surface area contributed by atoms with Crippen molar-refractivity contribution in [3.63, 3.8) is 0 Å². The first-order chi connectivity index (χ1) is 21.3. The lowest BCUT2D eigenvalue weighted by Crippen LogP contribution is -2.49. The third kappa shape index (κ3) is 6.16. The predicted octanol–water partition coefficient (Wildman–Crippen LogP) is 2.36. The van der Waals surface area contributed by atoms with Crippen molar-refractivity contribution in [1.82, 2.24) is 24.3 Å². The number of piperazine rings is 1. The molecule has 2 saturated heterocycles. The highest BCUT2D eigenvalue weighted by Gasteiger charge is 2.35. The van der Waals surface area contributed by atoms with Gasteiger partial charge in [-0.15, -0.1) is 0 Å². The highest BCUT2D eigenvalue weighted by atomic mass is 32.2. The van der Waals surface area contributed by atoms with Crippen LogP contribution < -0.4 is 21.3 Å². The van der Waals surface area contributed by atoms with E-state index in [1.807, 2.05) is 39.0 Å². The molecule has 4 heterocycles. The summed E-state index contributed by atoms with van der Waals surface area (Å²) < 4.78 is 30.3. The largest absolute Gasteiger partial charge is 0.382 e. The van der Waals surface area contributed by atoms with Crippen LogP contribution in [0.3, 0.4) is 0 Å². The van der Waals surface area contributed by atoms with Crippen molar-refractivity contribution in [2.24, 2.45) is 5.73 Å². The Kier molecular flexibility index (Phi) is 8.12. The number of nitrogens with zero attached hydrogens (tertiary/aromatic N) is 5. The molecule has 0 radical (unpaired) electrons. The minimum atomic E-state index is -3.64. The Balaban J connectivity index is 1.16. The highest BCUT2D eigenvalue weighted by molar-refractivity contribution is 7.89. The van der Waals surface area contributed by atoms with Gasteiger partial charge in [-0.05, 0) is 83.1 Å². The van der Waals surface area contributed by atoms with Gasteiger partial charge in [0.15, 0.2) is 0 Å². The number of aromatic nitrogens is 2. The van der Waals surface area contributed by atoms with E-state index in [4.69, 9.17) is 5.73 Å². The number of piperidine rings is 1. The van der Waals surface area contributed by atoms with E-state index in [1.165, 1.54) is 4.31 Å². The molecule has 0 aliphatic carbocycles. The number of aryl methyl sites for hydroxylation is 1. The number of nitrogens with one attached hydrogen (secondary N) is 2. The van der Waals surface area contributed by atoms with Crippen LogP contribution in [0.1, 0.15) is 58.8 Å². The topological polar surface area (TPSA) is 146 Å². The van der Waals surface area contributed by atoms with E-state index in [0.717, 1.165) is 37.6 Å². The van der Waals surface area contributed by atoms with Crippen molar-refractivity contribution in [3.8, 4) is 5.69 Å². The van der Waals surface area contributed by atoms with Gasteiger partial charge in [0.05, 0.1) is 33.1 Å². The molecule has 3 aliphatic heterocycles. The Hall–Kier alpha value is -3.94. The molecule has 45 heavy (non-hydrogen) atoms. The predicted molar refractivity (Wildman–Crippen MR) is 174 cm³/mol. The van der Waals surface area contributed by atoms with Crippen molar-refractivity contribution in [2.45, 2.75) is 56.5 Å². The van der Waals surface area contributed by atoms with E-state index in [1.54, 1.807) is 28.9 Å². The fraction of sp³-hybridized carbons (Fsp3) is 0.469. The number of rotatable bonds is 7. The van der Waals surface area contributed by atoms with Gasteiger partial charge in [-0.2, -0.15) is 9.40 Å². The molecular weight excluding hydrogens is 592 g/mol. The van der Waals surface area contributed by atoms with E-state index < -0.39 is 21.5 Å². The number of hydrogen-bond donors (Lipinski definition) is 3. The van der Waals surface area contributed by atoms with Gasteiger partial charge in [0.25, 0.3) is 11.8 Å². The summed E-state index contributed by atoms with van der Waals surface area (Å²) >= 11 is 0. The Morgan fingerprint density at radius 2 is 1.64 bits per heavy atom. The van der Waals surface area contributed by atoms with Crippen LogP contribution in [0.5, 0.6) is 0 Å². The van der Waals surface area contributed by atoms with Crippen molar-refractivity contribution in [1.29, 1.82) is 0 Å². The summed E-state index contributed by atoms with van der Waals surface area (Å²) in [4.78, 5) is 30.1. The lowest BCUT2D eigenvalue weighted by atomic mass is 9.90. The molecule has 0 bridgehead atoms. The van der Waals surface area contributed by atoms with Crippen molar-refractivity contribution in [2.75, 3.05) is 56.5 Å². The van der Waals surface area contributed by atoms with Crippen LogP contribution in [-0.2, 0) is 16.4 Å². The summed E-state index contributed by atoms with van der Waals surface area (Å²) in [5.41, 5.74) is 9.97. The number of hydrogen-bond acceptors (Lipinski definition) is 8. The second kappa shape index (κ2) is 11.8. The zero-order valence-corrected chi connectivity index (χ0v) is 27.2. The third-order valence-corrected chi connectivity index (χ3v) is 11.0. The normalized spacial score (nSPS) is 19.6. The molecule has 3 aromatic rings. The molecule has 4 N–H and O–H groups in total. The zero-order valence-electron chi connectivity index (χ0n) is 26.3. The van der Waals surface area contributed by atoms with Gasteiger partial charge in [-0.25, -0.2) is 13.1 Å². The molecule has 13 heteroatoms. The molecule has 2 aromatic carbocycles. The van der Waals surface area contributed by atoms with Crippen LogP contribution in [0.2, 0.25) is 0 Å². The molecule has 6 rings (SSSR count). The minimum Gasteiger partial charge on any atom is -0.382 e. The van der Waals surface area contributed by atoms with Gasteiger partial charge in [-0.3, -0.25) is 9.59 Å². The Morgan fingerprint density at radius 1 is 1.00 bits per heavy atom. The first kappa shape index (κ1) is 31.1. The summed E-state index contributed by atoms with van der Waals surface area (Å²) in [5, 5.41) is 11.2. The van der Waals surface area contributed by atoms with Crippen LogP contribution in [0.15, 0.2) is 47.4 Å². The number of carbonyl (C=O) groups is 2. The van der Waals surface area contributed by atoms with Crippen molar-refractivity contribution < 1.29 is 18.0 Å². The third-order valence-electron chi connectivity index (χ3n) is 9.11. The van der Waals surface area contributed by atoms with Crippen molar-refractivity contribution in [3.05, 3.63) is 65.0 Å². The van der Waals surface area contributed by atoms with Gasteiger partial charge >= 0.3 is 0 Å². The number of likely N-dealkylation sites (N-methyl/N-ethyl adjacent to an activating group) is 1. The first-order valence-electron chi connectivity index (χ1n) is 15.5. The molecule has 0 saturated carbocycles. The number of benzene rings is 2. The van der Waals surface area contributed by atoms with E-state index in [2.05, 4.69) is 32.6 Å². The van der Waals surface area contributed by atoms with Gasteiger partial charge < -0.3 is 26.2 Å². The van der Waals surface area contributed by atoms with E-state index >= 15 is 0 Å². The highest BCUT2D eigenvalue weighted by Crippen LogP contribution is 2.31. The van der Waals surface area contributed by atoms with Crippen LogP contribution >= 0.6 is 0 Å². The number of amides is 2. The van der Waals surface area contributed by atoms with Gasteiger partial charge in [0.2, 0.25) is 10.0 Å². The Bertz CT molecular complexity index is 1720. The maximum Gasteiger partial charge on any atom is 0.255 e. The second-order valence-electron chi connectivity index (χ2n) is 13.0. The molecule has 2 amide bonds. The van der Waals surface area contributed by atoms with Gasteiger partial charge in [0, 0.05) is 68.6 Å². The Morgan fingerprint density at radius 3 is 2.29 bits per heavy atom. The smallest absolute Gasteiger partial charge is 0.255 e. The fourth-order valence-electron chi connectivity index (χ4n) is 6.58. The summed E-state index contributed by atoms with van der Waals surface area (Å²) in [6.07, 6.45) is 1.72. The SMILES string of the molecule is Cc1nn(-c2ccc(C(N)=O)c(NC3CCN(S(=O)(=O)c4ccc(N5CCN(C)CC5)cc4)CC3)c2)c2c1C(=O)NC(C)(C)C2. The fourth-order valence-corrected chi connectivity index (χ4v) is 8.05. The molecule has 2 fully saturated rings. The maximum atomic E-state index is 13.5. The molecule has 12 nitrogen and oxygen atoms in total. The van der Waals surface area contributed by atoms with E-state index in [0.29, 0.717) is 65.4 Å². The average molecular weight is 635 g/mol. The first-order valence-corrected chi connectivity index (χ1v) is 16.9. The van der Waals surface area contributed by atoms with Crippen LogP contribution in [0.4, 0.5) is 11.4 Å². The number of nitrogens with two attached hydrogens (primary N) is 1. The molecule has 240 valence electrons. The second-order valence-corrected chi connectivity index (χ2v) is 15.0. The molecular formula is C32H42N8O4S.